The number of hydrazine groups is 1. The molecule has 3 rings (SSSR count). The zero-order valence-corrected chi connectivity index (χ0v) is 16.3. The second-order valence-electron chi connectivity index (χ2n) is 6.39. The average Bonchev–Trinajstić information content (AvgIpc) is 2.74. The van der Waals surface area contributed by atoms with Gasteiger partial charge in [0.05, 0.1) is 12.8 Å². The summed E-state index contributed by atoms with van der Waals surface area (Å²) in [6.45, 7) is 0. The molecule has 0 aliphatic rings. The summed E-state index contributed by atoms with van der Waals surface area (Å²) in [5.74, 6) is 6.66. The van der Waals surface area contributed by atoms with Crippen LogP contribution < -0.4 is 16.3 Å². The number of hydrogen-bond donors (Lipinski definition) is 2. The molecule has 0 atom stereocenters. The number of hydrogen-bond acceptors (Lipinski definition) is 6. The number of nitrogens with zero attached hydrogens (tertiary/aromatic N) is 1. The third-order valence-corrected chi connectivity index (χ3v) is 4.33. The molecule has 0 saturated heterocycles. The first-order valence-corrected chi connectivity index (χ1v) is 9.00. The molecule has 4 N–H and O–H groups in total. The molecule has 3 aromatic carbocycles. The number of nitrogens with two attached hydrogens (primary N) is 2. The van der Waals surface area contributed by atoms with Crippen LogP contribution in [-0.2, 0) is 9.53 Å². The van der Waals surface area contributed by atoms with E-state index in [0.29, 0.717) is 5.56 Å². The van der Waals surface area contributed by atoms with Gasteiger partial charge in [-0.2, -0.15) is 0 Å². The van der Waals surface area contributed by atoms with E-state index in [1.165, 1.54) is 14.2 Å². The summed E-state index contributed by atoms with van der Waals surface area (Å²) < 4.78 is 10.7. The van der Waals surface area contributed by atoms with E-state index in [-0.39, 0.29) is 11.4 Å². The highest BCUT2D eigenvalue weighted by molar-refractivity contribution is 5.96. The van der Waals surface area contributed by atoms with Crippen LogP contribution in [0.15, 0.2) is 84.6 Å². The second-order valence-corrected chi connectivity index (χ2v) is 6.39. The zero-order valence-electron chi connectivity index (χ0n) is 16.3. The smallest absolute Gasteiger partial charge is 0.357 e. The van der Waals surface area contributed by atoms with Gasteiger partial charge >= 0.3 is 5.97 Å². The molecule has 0 aromatic heterocycles. The van der Waals surface area contributed by atoms with Crippen LogP contribution in [0.2, 0.25) is 0 Å². The quantitative estimate of drug-likeness (QED) is 0.289. The van der Waals surface area contributed by atoms with Crippen molar-refractivity contribution in [3.8, 4) is 22.6 Å². The molecule has 0 bridgehead atoms. The van der Waals surface area contributed by atoms with Crippen molar-refractivity contribution in [2.24, 2.45) is 11.6 Å². The van der Waals surface area contributed by atoms with Crippen molar-refractivity contribution in [3.63, 3.8) is 0 Å². The SMILES string of the molecule is COC(=O)/C(=C(/N)c1ccc(-c2cccc(Oc3ccccc3)c2)cc1)N(C)N. The van der Waals surface area contributed by atoms with Crippen LogP contribution >= 0.6 is 0 Å². The van der Waals surface area contributed by atoms with Crippen molar-refractivity contribution >= 4 is 11.7 Å². The number of esters is 1. The molecule has 3 aromatic rings. The van der Waals surface area contributed by atoms with Crippen LogP contribution in [0.1, 0.15) is 5.56 Å². The van der Waals surface area contributed by atoms with Gasteiger partial charge < -0.3 is 20.2 Å². The second kappa shape index (κ2) is 8.95. The topological polar surface area (TPSA) is 90.8 Å². The van der Waals surface area contributed by atoms with Crippen molar-refractivity contribution in [2.75, 3.05) is 14.2 Å². The Balaban J connectivity index is 1.87. The average molecular weight is 389 g/mol. The van der Waals surface area contributed by atoms with E-state index >= 15 is 0 Å². The monoisotopic (exact) mass is 389 g/mol. The number of carbonyl (C=O) groups excluding carboxylic acids is 1. The number of likely N-dealkylation sites (N-methyl/N-ethyl adjacent to an activating group) is 1. The van der Waals surface area contributed by atoms with E-state index in [1.807, 2.05) is 78.9 Å². The third-order valence-electron chi connectivity index (χ3n) is 4.33. The molecule has 6 heteroatoms. The third kappa shape index (κ3) is 4.75. The van der Waals surface area contributed by atoms with Gasteiger partial charge in [-0.05, 0) is 41.0 Å². The van der Waals surface area contributed by atoms with Crippen LogP contribution in [0.5, 0.6) is 11.5 Å². The van der Waals surface area contributed by atoms with Gasteiger partial charge in [-0.1, -0.05) is 54.6 Å². The summed E-state index contributed by atoms with van der Waals surface area (Å²) in [5, 5.41) is 1.15. The fourth-order valence-corrected chi connectivity index (χ4v) is 2.88. The fourth-order valence-electron chi connectivity index (χ4n) is 2.88. The zero-order chi connectivity index (χ0) is 20.8. The number of ether oxygens (including phenoxy) is 2. The van der Waals surface area contributed by atoms with Crippen molar-refractivity contribution in [1.82, 2.24) is 5.01 Å². The molecule has 0 fully saturated rings. The molecule has 148 valence electrons. The van der Waals surface area contributed by atoms with Gasteiger partial charge in [0.1, 0.15) is 11.5 Å². The lowest BCUT2D eigenvalue weighted by Gasteiger charge is -2.17. The molecule has 0 heterocycles. The Bertz CT molecular complexity index is 1010. The molecule has 0 amide bonds. The highest BCUT2D eigenvalue weighted by atomic mass is 16.5. The number of carbonyl (C=O) groups is 1. The first kappa shape index (κ1) is 20.0. The maximum Gasteiger partial charge on any atom is 0.357 e. The van der Waals surface area contributed by atoms with E-state index in [0.717, 1.165) is 27.6 Å². The summed E-state index contributed by atoms with van der Waals surface area (Å²) >= 11 is 0. The van der Waals surface area contributed by atoms with Gasteiger partial charge in [-0.25, -0.2) is 10.6 Å². The van der Waals surface area contributed by atoms with Crippen LogP contribution in [0.25, 0.3) is 16.8 Å². The molecule has 29 heavy (non-hydrogen) atoms. The number of para-hydroxylation sites is 1. The van der Waals surface area contributed by atoms with Crippen LogP contribution in [0.3, 0.4) is 0 Å². The largest absolute Gasteiger partial charge is 0.464 e. The Kier molecular flexibility index (Phi) is 6.16. The summed E-state index contributed by atoms with van der Waals surface area (Å²) in [4.78, 5) is 11.9. The molecule has 0 aliphatic carbocycles. The molecule has 0 saturated carbocycles. The fraction of sp³-hybridized carbons (Fsp3) is 0.0870. The molecular formula is C23H23N3O3. The van der Waals surface area contributed by atoms with Gasteiger partial charge in [0.25, 0.3) is 0 Å². The summed E-state index contributed by atoms with van der Waals surface area (Å²) in [5.41, 5.74) is 9.15. The lowest BCUT2D eigenvalue weighted by Crippen LogP contribution is -2.33. The maximum absolute atomic E-state index is 11.9. The Morgan fingerprint density at radius 3 is 2.14 bits per heavy atom. The summed E-state index contributed by atoms with van der Waals surface area (Å²) in [6, 6.07) is 24.9. The van der Waals surface area contributed by atoms with Gasteiger partial charge in [0.15, 0.2) is 5.70 Å². The van der Waals surface area contributed by atoms with E-state index in [4.69, 9.17) is 21.1 Å². The van der Waals surface area contributed by atoms with E-state index in [9.17, 15) is 4.79 Å². The summed E-state index contributed by atoms with van der Waals surface area (Å²) in [7, 11) is 2.82. The van der Waals surface area contributed by atoms with E-state index in [2.05, 4.69) is 0 Å². The number of benzene rings is 3. The van der Waals surface area contributed by atoms with Crippen molar-refractivity contribution in [1.29, 1.82) is 0 Å². The highest BCUT2D eigenvalue weighted by Gasteiger charge is 2.18. The Labute approximate surface area is 169 Å². The molecule has 0 spiro atoms. The minimum absolute atomic E-state index is 0.0958. The minimum atomic E-state index is -0.595. The van der Waals surface area contributed by atoms with Crippen molar-refractivity contribution in [3.05, 3.63) is 90.1 Å². The first-order chi connectivity index (χ1) is 14.0. The van der Waals surface area contributed by atoms with Crippen LogP contribution in [0, 0.1) is 0 Å². The van der Waals surface area contributed by atoms with Gasteiger partial charge in [-0.15, -0.1) is 0 Å². The van der Waals surface area contributed by atoms with Crippen molar-refractivity contribution in [2.45, 2.75) is 0 Å². The van der Waals surface area contributed by atoms with Gasteiger partial charge in [-0.3, -0.25) is 0 Å². The highest BCUT2D eigenvalue weighted by Crippen LogP contribution is 2.28. The van der Waals surface area contributed by atoms with E-state index in [1.54, 1.807) is 0 Å². The predicted octanol–water partition coefficient (Wildman–Crippen LogP) is 3.75. The predicted molar refractivity (Wildman–Crippen MR) is 113 cm³/mol. The lowest BCUT2D eigenvalue weighted by atomic mass is 10.0. The number of rotatable bonds is 6. The molecule has 6 nitrogen and oxygen atoms in total. The Hall–Kier alpha value is -3.77. The van der Waals surface area contributed by atoms with Gasteiger partial charge in [0.2, 0.25) is 0 Å². The molecule has 0 aliphatic heterocycles. The molecular weight excluding hydrogens is 366 g/mol. The van der Waals surface area contributed by atoms with Gasteiger partial charge in [0, 0.05) is 7.05 Å². The molecule has 0 radical (unpaired) electrons. The van der Waals surface area contributed by atoms with Crippen LogP contribution in [-0.4, -0.2) is 25.1 Å². The molecule has 0 unspecified atom stereocenters. The number of methoxy groups -OCH3 is 1. The van der Waals surface area contributed by atoms with E-state index < -0.39 is 5.97 Å². The Morgan fingerprint density at radius 2 is 1.52 bits per heavy atom. The Morgan fingerprint density at radius 1 is 0.862 bits per heavy atom. The summed E-state index contributed by atoms with van der Waals surface area (Å²) in [6.07, 6.45) is 0. The normalized spacial score (nSPS) is 11.4. The standard InChI is InChI=1S/C23H23N3O3/c1-26(25)22(23(27)28-2)21(24)17-13-11-16(12-14-17)18-7-6-10-20(15-18)29-19-8-4-3-5-9-19/h3-15H,24-25H2,1-2H3/b22-21-. The first-order valence-electron chi connectivity index (χ1n) is 9.00. The van der Waals surface area contributed by atoms with Crippen molar-refractivity contribution < 1.29 is 14.3 Å². The van der Waals surface area contributed by atoms with Crippen LogP contribution in [0.4, 0.5) is 0 Å². The maximum atomic E-state index is 11.9. The minimum Gasteiger partial charge on any atom is -0.464 e. The lowest BCUT2D eigenvalue weighted by molar-refractivity contribution is -0.137.